The van der Waals surface area contributed by atoms with E-state index in [1.54, 1.807) is 11.4 Å². The van der Waals surface area contributed by atoms with E-state index < -0.39 is 8.56 Å². The fourth-order valence-corrected chi connectivity index (χ4v) is 4.13. The molecule has 0 heterocycles. The van der Waals surface area contributed by atoms with Gasteiger partial charge in [-0.1, -0.05) is 63.5 Å². The van der Waals surface area contributed by atoms with Crippen LogP contribution in [0.4, 0.5) is 0 Å². The van der Waals surface area contributed by atoms with Crippen molar-refractivity contribution in [2.75, 3.05) is 0 Å². The SMILES string of the molecule is C=C[Si](C=C)(OC#CC1CCCCC1)OC#CC1CCCCC1. The van der Waals surface area contributed by atoms with E-state index in [2.05, 4.69) is 37.2 Å². The fraction of sp³-hybridized carbons (Fsp3) is 0.600. The summed E-state index contributed by atoms with van der Waals surface area (Å²) in [5, 5.41) is 0. The van der Waals surface area contributed by atoms with Gasteiger partial charge in [-0.25, -0.2) is 0 Å². The number of hydrogen-bond donors (Lipinski definition) is 0. The zero-order valence-corrected chi connectivity index (χ0v) is 15.1. The highest BCUT2D eigenvalue weighted by atomic mass is 28.4. The van der Waals surface area contributed by atoms with E-state index in [1.807, 2.05) is 0 Å². The summed E-state index contributed by atoms with van der Waals surface area (Å²) in [6.45, 7) is 7.68. The van der Waals surface area contributed by atoms with Gasteiger partial charge in [-0.15, -0.1) is 0 Å². The average Bonchev–Trinajstić information content (AvgIpc) is 2.62. The van der Waals surface area contributed by atoms with Crippen LogP contribution in [0.5, 0.6) is 0 Å². The fourth-order valence-electron chi connectivity index (χ4n) is 3.15. The van der Waals surface area contributed by atoms with E-state index in [9.17, 15) is 0 Å². The Morgan fingerprint density at radius 2 is 1.09 bits per heavy atom. The van der Waals surface area contributed by atoms with Crippen LogP contribution in [0.3, 0.4) is 0 Å². The van der Waals surface area contributed by atoms with Gasteiger partial charge < -0.3 is 8.85 Å². The lowest BCUT2D eigenvalue weighted by Crippen LogP contribution is -2.35. The molecule has 0 aromatic carbocycles. The minimum Gasteiger partial charge on any atom is -0.456 e. The van der Waals surface area contributed by atoms with E-state index in [0.29, 0.717) is 11.8 Å². The molecule has 124 valence electrons. The van der Waals surface area contributed by atoms with Crippen LogP contribution < -0.4 is 0 Å². The van der Waals surface area contributed by atoms with Crippen LogP contribution in [0, 0.1) is 35.9 Å². The van der Waals surface area contributed by atoms with Crippen LogP contribution in [0.15, 0.2) is 24.6 Å². The lowest BCUT2D eigenvalue weighted by atomic mass is 9.90. The van der Waals surface area contributed by atoms with Gasteiger partial charge in [0, 0.05) is 11.8 Å². The van der Waals surface area contributed by atoms with Gasteiger partial charge in [0.05, 0.1) is 12.2 Å². The zero-order valence-electron chi connectivity index (χ0n) is 14.1. The van der Waals surface area contributed by atoms with Gasteiger partial charge in [0.1, 0.15) is 0 Å². The van der Waals surface area contributed by atoms with Gasteiger partial charge in [0.2, 0.25) is 0 Å². The number of hydrogen-bond acceptors (Lipinski definition) is 2. The second-order valence-corrected chi connectivity index (χ2v) is 9.16. The molecule has 3 heteroatoms. The van der Waals surface area contributed by atoms with Gasteiger partial charge in [0.15, 0.2) is 0 Å². The smallest absolute Gasteiger partial charge is 0.456 e. The molecule has 2 saturated carbocycles. The molecule has 0 aliphatic heterocycles. The topological polar surface area (TPSA) is 18.5 Å². The predicted molar refractivity (Wildman–Crippen MR) is 97.0 cm³/mol. The Morgan fingerprint density at radius 1 is 0.696 bits per heavy atom. The summed E-state index contributed by atoms with van der Waals surface area (Å²) < 4.78 is 11.5. The van der Waals surface area contributed by atoms with Crippen LogP contribution in [0.1, 0.15) is 64.2 Å². The third-order valence-electron chi connectivity index (χ3n) is 4.73. The monoisotopic (exact) mass is 328 g/mol. The van der Waals surface area contributed by atoms with Crippen molar-refractivity contribution in [2.24, 2.45) is 11.8 Å². The Labute approximate surface area is 142 Å². The van der Waals surface area contributed by atoms with Gasteiger partial charge in [0.25, 0.3) is 0 Å². The molecule has 0 radical (unpaired) electrons. The largest absolute Gasteiger partial charge is 0.531 e. The van der Waals surface area contributed by atoms with Crippen LogP contribution >= 0.6 is 0 Å². The summed E-state index contributed by atoms with van der Waals surface area (Å²) in [6.07, 6.45) is 18.2. The first kappa shape index (κ1) is 17.8. The van der Waals surface area contributed by atoms with E-state index in [0.717, 1.165) is 0 Å². The van der Waals surface area contributed by atoms with Crippen molar-refractivity contribution in [2.45, 2.75) is 64.2 Å². The summed E-state index contributed by atoms with van der Waals surface area (Å²) in [5.41, 5.74) is 3.40. The molecule has 2 fully saturated rings. The highest BCUT2D eigenvalue weighted by Crippen LogP contribution is 2.23. The molecule has 2 aliphatic rings. The first-order valence-electron chi connectivity index (χ1n) is 8.92. The maximum Gasteiger partial charge on any atom is 0.531 e. The molecule has 0 spiro atoms. The van der Waals surface area contributed by atoms with E-state index >= 15 is 0 Å². The van der Waals surface area contributed by atoms with Crippen LogP contribution in [0.2, 0.25) is 0 Å². The second kappa shape index (κ2) is 9.53. The molecule has 0 saturated heterocycles. The van der Waals surface area contributed by atoms with Crippen molar-refractivity contribution < 1.29 is 8.85 Å². The van der Waals surface area contributed by atoms with Crippen LogP contribution in [-0.4, -0.2) is 8.56 Å². The van der Waals surface area contributed by atoms with E-state index in [-0.39, 0.29) is 0 Å². The Hall–Kier alpha value is -1.58. The second-order valence-electron chi connectivity index (χ2n) is 6.50. The van der Waals surface area contributed by atoms with Crippen molar-refractivity contribution in [1.82, 2.24) is 0 Å². The van der Waals surface area contributed by atoms with Gasteiger partial charge in [-0.2, -0.15) is 0 Å². The molecule has 0 N–H and O–H groups in total. The summed E-state index contributed by atoms with van der Waals surface area (Å²) >= 11 is 0. The third-order valence-corrected chi connectivity index (χ3v) is 6.71. The van der Waals surface area contributed by atoms with Crippen LogP contribution in [0.25, 0.3) is 0 Å². The van der Waals surface area contributed by atoms with Crippen molar-refractivity contribution in [3.8, 4) is 24.1 Å². The summed E-state index contributed by atoms with van der Waals surface area (Å²) in [5.74, 6) is 7.36. The molecular weight excluding hydrogens is 300 g/mol. The minimum absolute atomic E-state index is 0.457. The van der Waals surface area contributed by atoms with Crippen molar-refractivity contribution >= 4 is 8.56 Å². The zero-order chi connectivity index (χ0) is 16.4. The predicted octanol–water partition coefficient (Wildman–Crippen LogP) is 4.99. The molecule has 2 aliphatic carbocycles. The highest BCUT2D eigenvalue weighted by Gasteiger charge is 2.34. The summed E-state index contributed by atoms with van der Waals surface area (Å²) in [4.78, 5) is 0. The first-order valence-corrected chi connectivity index (χ1v) is 10.9. The molecule has 23 heavy (non-hydrogen) atoms. The molecule has 2 nitrogen and oxygen atoms in total. The molecule has 0 bridgehead atoms. The molecule has 0 unspecified atom stereocenters. The van der Waals surface area contributed by atoms with Crippen LogP contribution in [-0.2, 0) is 8.85 Å². The van der Waals surface area contributed by atoms with E-state index in [1.165, 1.54) is 64.2 Å². The molecule has 0 amide bonds. The van der Waals surface area contributed by atoms with Gasteiger partial charge >= 0.3 is 8.56 Å². The average molecular weight is 329 g/mol. The minimum atomic E-state index is -2.73. The molecule has 0 atom stereocenters. The highest BCUT2D eigenvalue weighted by molar-refractivity contribution is 6.77. The Kier molecular flexibility index (Phi) is 7.36. The summed E-state index contributed by atoms with van der Waals surface area (Å²) in [7, 11) is -2.73. The quantitative estimate of drug-likeness (QED) is 0.534. The Morgan fingerprint density at radius 3 is 1.43 bits per heavy atom. The molecule has 0 aromatic rings. The van der Waals surface area contributed by atoms with Crippen molar-refractivity contribution in [3.05, 3.63) is 24.6 Å². The summed E-state index contributed by atoms with van der Waals surface area (Å²) in [6, 6.07) is 0. The normalized spacial score (nSPS) is 19.5. The Bertz CT molecular complexity index is 457. The number of rotatable bonds is 4. The third kappa shape index (κ3) is 5.85. The van der Waals surface area contributed by atoms with Crippen molar-refractivity contribution in [3.63, 3.8) is 0 Å². The van der Waals surface area contributed by atoms with E-state index in [4.69, 9.17) is 8.85 Å². The first-order chi connectivity index (χ1) is 11.3. The van der Waals surface area contributed by atoms with Gasteiger partial charge in [-0.05, 0) is 37.1 Å². The Balaban J connectivity index is 1.89. The molecular formula is C20H28O2Si. The van der Waals surface area contributed by atoms with Crippen molar-refractivity contribution in [1.29, 1.82) is 0 Å². The lowest BCUT2D eigenvalue weighted by molar-refractivity contribution is 0.363. The molecule has 2 rings (SSSR count). The van der Waals surface area contributed by atoms with Gasteiger partial charge in [-0.3, -0.25) is 0 Å². The lowest BCUT2D eigenvalue weighted by Gasteiger charge is -2.19. The standard InChI is InChI=1S/C20H28O2Si/c1-3-23(4-2,21-17-15-19-11-7-5-8-12-19)22-18-16-20-13-9-6-10-14-20/h3-4,19-20H,1-2,5-14H2. The maximum absolute atomic E-state index is 5.74. The maximum atomic E-state index is 5.74. The molecule has 0 aromatic heterocycles.